The Balaban J connectivity index is 1.68. The number of hydrogen-bond donors (Lipinski definition) is 0. The van der Waals surface area contributed by atoms with E-state index in [4.69, 9.17) is 29.2 Å². The summed E-state index contributed by atoms with van der Waals surface area (Å²) in [6.07, 6.45) is 0. The first-order chi connectivity index (χ1) is 16.2. The predicted octanol–water partition coefficient (Wildman–Crippen LogP) is 2.63. The van der Waals surface area contributed by atoms with E-state index in [0.717, 1.165) is 48.1 Å². The van der Waals surface area contributed by atoms with Crippen molar-refractivity contribution in [1.82, 2.24) is 9.97 Å². The summed E-state index contributed by atoms with van der Waals surface area (Å²) in [6, 6.07) is 4.09. The minimum atomic E-state index is -0.506. The van der Waals surface area contributed by atoms with Crippen molar-refractivity contribution >= 4 is 40.6 Å². The van der Waals surface area contributed by atoms with Crippen LogP contribution in [0.2, 0.25) is 0 Å². The number of carbonyl (C=O) groups excluding carboxylic acids is 1. The van der Waals surface area contributed by atoms with Crippen LogP contribution in [0.25, 0.3) is 0 Å². The number of carbonyl (C=O) groups is 1. The lowest BCUT2D eigenvalue weighted by atomic mass is 9.80. The molecule has 3 aliphatic rings. The summed E-state index contributed by atoms with van der Waals surface area (Å²) in [5, 5.41) is 2.04. The third kappa shape index (κ3) is 4.34. The topological polar surface area (TPSA) is 89.4 Å². The highest BCUT2D eigenvalue weighted by Crippen LogP contribution is 2.48. The summed E-state index contributed by atoms with van der Waals surface area (Å²) in [7, 11) is 0. The van der Waals surface area contributed by atoms with Crippen LogP contribution in [0.5, 0.6) is 0 Å². The quantitative estimate of drug-likeness (QED) is 0.615. The third-order valence-electron chi connectivity index (χ3n) is 6.27. The van der Waals surface area contributed by atoms with Gasteiger partial charge in [0.1, 0.15) is 11.7 Å². The molecular weight excluding hydrogens is 442 g/mol. The van der Waals surface area contributed by atoms with Gasteiger partial charge in [0, 0.05) is 48.2 Å². The lowest BCUT2D eigenvalue weighted by molar-refractivity contribution is -0.145. The third-order valence-corrected chi connectivity index (χ3v) is 7.22. The first kappa shape index (κ1) is 22.2. The zero-order valence-electron chi connectivity index (χ0n) is 19.0. The van der Waals surface area contributed by atoms with Crippen molar-refractivity contribution in [2.24, 2.45) is 10.9 Å². The van der Waals surface area contributed by atoms with Crippen molar-refractivity contribution in [3.8, 4) is 0 Å². The fourth-order valence-corrected chi connectivity index (χ4v) is 5.55. The van der Waals surface area contributed by atoms with Crippen LogP contribution in [0.3, 0.4) is 0 Å². The number of esters is 1. The highest BCUT2D eigenvalue weighted by atomic mass is 32.1. The molecule has 0 bridgehead atoms. The van der Waals surface area contributed by atoms with Gasteiger partial charge >= 0.3 is 5.97 Å². The van der Waals surface area contributed by atoms with E-state index in [9.17, 15) is 4.79 Å². The first-order valence-electron chi connectivity index (χ1n) is 11.5. The Bertz CT molecular complexity index is 1020. The average molecular weight is 472 g/mol. The molecule has 0 radical (unpaired) electrons. The molecule has 2 saturated heterocycles. The normalized spacial score (nSPS) is 23.2. The van der Waals surface area contributed by atoms with E-state index < -0.39 is 5.92 Å². The van der Waals surface area contributed by atoms with Crippen LogP contribution >= 0.6 is 11.3 Å². The van der Waals surface area contributed by atoms with Crippen LogP contribution in [0.15, 0.2) is 22.5 Å². The SMILES string of the molecule is CCOC(=O)C1C(C)=Nc2nc(N3CCOCC3)nc(N3CCOCC3)c2C1c1cccs1. The monoisotopic (exact) mass is 471 g/mol. The Morgan fingerprint density at radius 3 is 2.45 bits per heavy atom. The fourth-order valence-electron chi connectivity index (χ4n) is 4.68. The van der Waals surface area contributed by atoms with Gasteiger partial charge in [-0.2, -0.15) is 9.97 Å². The molecule has 0 aromatic carbocycles. The smallest absolute Gasteiger partial charge is 0.315 e. The second-order valence-electron chi connectivity index (χ2n) is 8.26. The highest BCUT2D eigenvalue weighted by Gasteiger charge is 2.43. The lowest BCUT2D eigenvalue weighted by Crippen LogP contribution is -2.41. The maximum absolute atomic E-state index is 13.1. The van der Waals surface area contributed by atoms with E-state index in [1.54, 1.807) is 11.3 Å². The molecule has 0 amide bonds. The summed E-state index contributed by atoms with van der Waals surface area (Å²) in [6.45, 7) is 9.58. The number of nitrogens with zero attached hydrogens (tertiary/aromatic N) is 5. The van der Waals surface area contributed by atoms with E-state index in [0.29, 0.717) is 44.8 Å². The standard InChI is InChI=1S/C23H29N5O4S/c1-3-32-22(29)17-15(2)24-20-19(18(17)16-5-4-14-33-16)21(27-6-10-30-11-7-27)26-23(25-20)28-8-12-31-13-9-28/h4-5,14,17-18H,3,6-13H2,1-2H3. The number of fused-ring (bicyclic) bond motifs is 1. The molecule has 0 saturated carbocycles. The molecule has 0 N–H and O–H groups in total. The number of rotatable bonds is 5. The molecule has 0 spiro atoms. The van der Waals surface area contributed by atoms with Gasteiger partial charge in [0.25, 0.3) is 0 Å². The number of morpholine rings is 2. The van der Waals surface area contributed by atoms with Crippen LogP contribution < -0.4 is 9.80 Å². The van der Waals surface area contributed by atoms with Crippen LogP contribution in [0.4, 0.5) is 17.6 Å². The van der Waals surface area contributed by atoms with Gasteiger partial charge in [-0.25, -0.2) is 4.99 Å². The number of ether oxygens (including phenoxy) is 3. The predicted molar refractivity (Wildman–Crippen MR) is 127 cm³/mol. The number of hydrogen-bond acceptors (Lipinski definition) is 10. The first-order valence-corrected chi connectivity index (χ1v) is 12.4. The van der Waals surface area contributed by atoms with E-state index >= 15 is 0 Å². The Morgan fingerprint density at radius 1 is 1.12 bits per heavy atom. The summed E-state index contributed by atoms with van der Waals surface area (Å²) in [5.74, 6) is 1.14. The van der Waals surface area contributed by atoms with Gasteiger partial charge in [-0.05, 0) is 25.3 Å². The molecule has 2 unspecified atom stereocenters. The van der Waals surface area contributed by atoms with Crippen LogP contribution in [-0.4, -0.2) is 80.9 Å². The van der Waals surface area contributed by atoms with E-state index in [2.05, 4.69) is 15.9 Å². The van der Waals surface area contributed by atoms with Crippen molar-refractivity contribution < 1.29 is 19.0 Å². The maximum Gasteiger partial charge on any atom is 0.315 e. The van der Waals surface area contributed by atoms with E-state index in [-0.39, 0.29) is 11.9 Å². The Kier molecular flexibility index (Phi) is 6.57. The van der Waals surface area contributed by atoms with Crippen molar-refractivity contribution in [2.75, 3.05) is 69.0 Å². The second-order valence-corrected chi connectivity index (χ2v) is 9.24. The minimum Gasteiger partial charge on any atom is -0.465 e. The van der Waals surface area contributed by atoms with Gasteiger partial charge < -0.3 is 24.0 Å². The zero-order chi connectivity index (χ0) is 22.8. The molecule has 0 aliphatic carbocycles. The largest absolute Gasteiger partial charge is 0.465 e. The molecule has 3 aliphatic heterocycles. The van der Waals surface area contributed by atoms with Gasteiger partial charge in [0.15, 0.2) is 5.82 Å². The van der Waals surface area contributed by atoms with Gasteiger partial charge in [0.05, 0.1) is 33.0 Å². The molecule has 10 heteroatoms. The number of anilines is 2. The second kappa shape index (κ2) is 9.74. The molecule has 176 valence electrons. The molecule has 9 nitrogen and oxygen atoms in total. The maximum atomic E-state index is 13.1. The zero-order valence-corrected chi connectivity index (χ0v) is 19.8. The van der Waals surface area contributed by atoms with Crippen molar-refractivity contribution in [3.63, 3.8) is 0 Å². The molecule has 33 heavy (non-hydrogen) atoms. The number of aromatic nitrogens is 2. The summed E-state index contributed by atoms with van der Waals surface area (Å²) in [4.78, 5) is 33.4. The summed E-state index contributed by atoms with van der Waals surface area (Å²) in [5.41, 5.74) is 1.62. The Morgan fingerprint density at radius 2 is 1.82 bits per heavy atom. The number of thiophene rings is 1. The van der Waals surface area contributed by atoms with E-state index in [1.807, 2.05) is 25.3 Å². The van der Waals surface area contributed by atoms with Gasteiger partial charge in [-0.1, -0.05) is 6.07 Å². The van der Waals surface area contributed by atoms with Gasteiger partial charge in [0.2, 0.25) is 5.95 Å². The van der Waals surface area contributed by atoms with Crippen molar-refractivity contribution in [1.29, 1.82) is 0 Å². The summed E-state index contributed by atoms with van der Waals surface area (Å²) < 4.78 is 16.6. The summed E-state index contributed by atoms with van der Waals surface area (Å²) >= 11 is 1.63. The molecule has 2 aromatic rings. The van der Waals surface area contributed by atoms with Crippen molar-refractivity contribution in [3.05, 3.63) is 28.0 Å². The molecular formula is C23H29N5O4S. The number of aliphatic imine (C=N–C) groups is 1. The van der Waals surface area contributed by atoms with E-state index in [1.165, 1.54) is 0 Å². The minimum absolute atomic E-state index is 0.242. The molecule has 2 aromatic heterocycles. The molecule has 5 rings (SSSR count). The Labute approximate surface area is 197 Å². The van der Waals surface area contributed by atoms with Crippen molar-refractivity contribution in [2.45, 2.75) is 19.8 Å². The van der Waals surface area contributed by atoms with Crippen LogP contribution in [0.1, 0.15) is 30.2 Å². The van der Waals surface area contributed by atoms with Crippen LogP contribution in [-0.2, 0) is 19.0 Å². The lowest BCUT2D eigenvalue weighted by Gasteiger charge is -2.36. The van der Waals surface area contributed by atoms with Gasteiger partial charge in [-0.15, -0.1) is 11.3 Å². The van der Waals surface area contributed by atoms with Gasteiger partial charge in [-0.3, -0.25) is 4.79 Å². The highest BCUT2D eigenvalue weighted by molar-refractivity contribution is 7.10. The fraction of sp³-hybridized carbons (Fsp3) is 0.565. The molecule has 5 heterocycles. The Hall–Kier alpha value is -2.56. The molecule has 2 atom stereocenters. The molecule has 2 fully saturated rings. The average Bonchev–Trinajstić information content (AvgIpc) is 3.38. The van der Waals surface area contributed by atoms with Crippen LogP contribution in [0, 0.1) is 5.92 Å².